The fourth-order valence-electron chi connectivity index (χ4n) is 3.29. The number of methoxy groups -OCH3 is 3. The predicted molar refractivity (Wildman–Crippen MR) is 111 cm³/mol. The number of hydrogen-bond donors (Lipinski definition) is 0. The van der Waals surface area contributed by atoms with Gasteiger partial charge in [-0.25, -0.2) is 0 Å². The maximum absolute atomic E-state index is 12.9. The Hall–Kier alpha value is -3.42. The summed E-state index contributed by atoms with van der Waals surface area (Å²) < 4.78 is 21.3. The normalized spacial score (nSPS) is 13.6. The fraction of sp³-hybridized carbons (Fsp3) is 0.364. The number of piperazine rings is 1. The lowest BCUT2D eigenvalue weighted by Crippen LogP contribution is -2.51. The van der Waals surface area contributed by atoms with Crippen LogP contribution >= 0.6 is 0 Å². The molecule has 0 saturated carbocycles. The van der Waals surface area contributed by atoms with E-state index in [1.54, 1.807) is 59.4 Å². The maximum atomic E-state index is 12.9. The molecule has 8 nitrogen and oxygen atoms in total. The molecule has 0 radical (unpaired) electrons. The molecular weight excluding hydrogens is 388 g/mol. The van der Waals surface area contributed by atoms with Gasteiger partial charge in [0.1, 0.15) is 11.5 Å². The lowest BCUT2D eigenvalue weighted by molar-refractivity contribution is -0.134. The zero-order valence-corrected chi connectivity index (χ0v) is 17.4. The van der Waals surface area contributed by atoms with E-state index in [9.17, 15) is 9.59 Å². The summed E-state index contributed by atoms with van der Waals surface area (Å²) in [6.07, 6.45) is 0. The Labute approximate surface area is 175 Å². The highest BCUT2D eigenvalue weighted by molar-refractivity contribution is 5.98. The van der Waals surface area contributed by atoms with Crippen molar-refractivity contribution in [3.05, 3.63) is 48.0 Å². The molecule has 0 unspecified atom stereocenters. The van der Waals surface area contributed by atoms with Gasteiger partial charge in [0.25, 0.3) is 11.8 Å². The van der Waals surface area contributed by atoms with Gasteiger partial charge in [-0.3, -0.25) is 9.59 Å². The first-order valence-corrected chi connectivity index (χ1v) is 9.62. The molecule has 1 aliphatic rings. The fourth-order valence-corrected chi connectivity index (χ4v) is 3.29. The van der Waals surface area contributed by atoms with Crippen LogP contribution in [-0.2, 0) is 4.79 Å². The maximum Gasteiger partial charge on any atom is 0.260 e. The molecule has 0 bridgehead atoms. The SMILES string of the molecule is COc1ccc(OCC(=O)N2CCN(C(=O)c3cccc(OC)c3OC)CC2)cc1. The van der Waals surface area contributed by atoms with E-state index in [1.165, 1.54) is 14.2 Å². The lowest BCUT2D eigenvalue weighted by Gasteiger charge is -2.35. The molecule has 30 heavy (non-hydrogen) atoms. The van der Waals surface area contributed by atoms with Crippen molar-refractivity contribution in [3.63, 3.8) is 0 Å². The molecule has 2 aromatic carbocycles. The molecule has 160 valence electrons. The summed E-state index contributed by atoms with van der Waals surface area (Å²) in [4.78, 5) is 28.8. The van der Waals surface area contributed by atoms with E-state index in [-0.39, 0.29) is 18.4 Å². The van der Waals surface area contributed by atoms with Crippen LogP contribution in [0.25, 0.3) is 0 Å². The second-order valence-electron chi connectivity index (χ2n) is 6.68. The number of nitrogens with zero attached hydrogens (tertiary/aromatic N) is 2. The highest BCUT2D eigenvalue weighted by Crippen LogP contribution is 2.31. The third-order valence-corrected chi connectivity index (χ3v) is 4.97. The molecule has 1 saturated heterocycles. The van der Waals surface area contributed by atoms with Gasteiger partial charge in [-0.15, -0.1) is 0 Å². The third-order valence-electron chi connectivity index (χ3n) is 4.97. The van der Waals surface area contributed by atoms with Crippen molar-refractivity contribution in [1.29, 1.82) is 0 Å². The molecule has 2 aromatic rings. The Morgan fingerprint density at radius 2 is 1.43 bits per heavy atom. The van der Waals surface area contributed by atoms with Gasteiger partial charge in [-0.2, -0.15) is 0 Å². The Kier molecular flexibility index (Phi) is 7.00. The Morgan fingerprint density at radius 1 is 0.800 bits per heavy atom. The van der Waals surface area contributed by atoms with E-state index >= 15 is 0 Å². The first kappa shape index (κ1) is 21.3. The molecule has 0 aromatic heterocycles. The second kappa shape index (κ2) is 9.87. The Morgan fingerprint density at radius 3 is 2.03 bits per heavy atom. The summed E-state index contributed by atoms with van der Waals surface area (Å²) in [5.74, 6) is 1.98. The molecule has 0 atom stereocenters. The van der Waals surface area contributed by atoms with Crippen molar-refractivity contribution >= 4 is 11.8 Å². The largest absolute Gasteiger partial charge is 0.497 e. The Balaban J connectivity index is 1.54. The lowest BCUT2D eigenvalue weighted by atomic mass is 10.1. The van der Waals surface area contributed by atoms with Crippen molar-refractivity contribution in [2.45, 2.75) is 0 Å². The molecule has 0 spiro atoms. The summed E-state index contributed by atoms with van der Waals surface area (Å²) in [6, 6.07) is 12.3. The van der Waals surface area contributed by atoms with Crippen LogP contribution in [0.4, 0.5) is 0 Å². The Bertz CT molecular complexity index is 876. The number of hydrogen-bond acceptors (Lipinski definition) is 6. The average Bonchev–Trinajstić information content (AvgIpc) is 2.81. The molecule has 8 heteroatoms. The number of rotatable bonds is 7. The van der Waals surface area contributed by atoms with Crippen LogP contribution in [0.5, 0.6) is 23.0 Å². The number of benzene rings is 2. The van der Waals surface area contributed by atoms with Gasteiger partial charge in [0, 0.05) is 26.2 Å². The van der Waals surface area contributed by atoms with Gasteiger partial charge in [-0.1, -0.05) is 6.07 Å². The highest BCUT2D eigenvalue weighted by atomic mass is 16.5. The smallest absolute Gasteiger partial charge is 0.260 e. The van der Waals surface area contributed by atoms with Gasteiger partial charge in [-0.05, 0) is 36.4 Å². The zero-order chi connectivity index (χ0) is 21.5. The van der Waals surface area contributed by atoms with Crippen LogP contribution in [0.3, 0.4) is 0 Å². The van der Waals surface area contributed by atoms with E-state index in [0.29, 0.717) is 49.0 Å². The number of amides is 2. The standard InChI is InChI=1S/C22H26N2O6/c1-27-16-7-9-17(10-8-16)30-15-20(25)23-11-13-24(14-12-23)22(26)18-5-4-6-19(28-2)21(18)29-3/h4-10H,11-15H2,1-3H3. The van der Waals surface area contributed by atoms with Crippen molar-refractivity contribution < 1.29 is 28.5 Å². The minimum atomic E-state index is -0.146. The van der Waals surface area contributed by atoms with Crippen molar-refractivity contribution in [1.82, 2.24) is 9.80 Å². The van der Waals surface area contributed by atoms with Crippen molar-refractivity contribution in [2.75, 3.05) is 54.1 Å². The van der Waals surface area contributed by atoms with E-state index in [0.717, 1.165) is 5.75 Å². The van der Waals surface area contributed by atoms with Gasteiger partial charge in [0.15, 0.2) is 18.1 Å². The van der Waals surface area contributed by atoms with Crippen LogP contribution in [0, 0.1) is 0 Å². The minimum absolute atomic E-state index is 0.0516. The van der Waals surface area contributed by atoms with E-state index in [1.807, 2.05) is 0 Å². The summed E-state index contributed by atoms with van der Waals surface area (Å²) in [5.41, 5.74) is 0.444. The number of carbonyl (C=O) groups is 2. The quantitative estimate of drug-likeness (QED) is 0.690. The number of ether oxygens (including phenoxy) is 4. The van der Waals surface area contributed by atoms with Crippen LogP contribution in [-0.4, -0.2) is 75.7 Å². The average molecular weight is 414 g/mol. The van der Waals surface area contributed by atoms with Crippen LogP contribution in [0.15, 0.2) is 42.5 Å². The molecule has 1 fully saturated rings. The zero-order valence-electron chi connectivity index (χ0n) is 17.4. The van der Waals surface area contributed by atoms with Gasteiger partial charge in [0.2, 0.25) is 0 Å². The van der Waals surface area contributed by atoms with E-state index < -0.39 is 0 Å². The summed E-state index contributed by atoms with van der Waals surface area (Å²) >= 11 is 0. The predicted octanol–water partition coefficient (Wildman–Crippen LogP) is 2.08. The van der Waals surface area contributed by atoms with E-state index in [2.05, 4.69) is 0 Å². The molecular formula is C22H26N2O6. The molecule has 3 rings (SSSR count). The van der Waals surface area contributed by atoms with E-state index in [4.69, 9.17) is 18.9 Å². The molecule has 1 aliphatic heterocycles. The summed E-state index contributed by atoms with van der Waals surface area (Å²) in [5, 5.41) is 0. The molecule has 0 N–H and O–H groups in total. The van der Waals surface area contributed by atoms with Crippen molar-refractivity contribution in [3.8, 4) is 23.0 Å². The van der Waals surface area contributed by atoms with Crippen LogP contribution in [0.1, 0.15) is 10.4 Å². The number of carbonyl (C=O) groups excluding carboxylic acids is 2. The summed E-state index contributed by atoms with van der Waals surface area (Å²) in [7, 11) is 4.63. The number of para-hydroxylation sites is 1. The van der Waals surface area contributed by atoms with Gasteiger partial charge >= 0.3 is 0 Å². The second-order valence-corrected chi connectivity index (χ2v) is 6.68. The van der Waals surface area contributed by atoms with Gasteiger partial charge in [0.05, 0.1) is 26.9 Å². The van der Waals surface area contributed by atoms with Crippen LogP contribution in [0.2, 0.25) is 0 Å². The summed E-state index contributed by atoms with van der Waals surface area (Å²) in [6.45, 7) is 1.72. The topological polar surface area (TPSA) is 77.5 Å². The first-order chi connectivity index (χ1) is 14.6. The monoisotopic (exact) mass is 414 g/mol. The molecule has 2 amide bonds. The van der Waals surface area contributed by atoms with Crippen molar-refractivity contribution in [2.24, 2.45) is 0 Å². The van der Waals surface area contributed by atoms with Crippen LogP contribution < -0.4 is 18.9 Å². The van der Waals surface area contributed by atoms with Gasteiger partial charge < -0.3 is 28.7 Å². The third kappa shape index (κ3) is 4.76. The molecule has 1 heterocycles. The highest BCUT2D eigenvalue weighted by Gasteiger charge is 2.27. The molecule has 0 aliphatic carbocycles. The first-order valence-electron chi connectivity index (χ1n) is 9.62. The minimum Gasteiger partial charge on any atom is -0.497 e.